The molecule has 1 aliphatic rings. The van der Waals surface area contributed by atoms with Gasteiger partial charge in [0.2, 0.25) is 0 Å². The molecule has 0 atom stereocenters. The van der Waals surface area contributed by atoms with Crippen molar-refractivity contribution in [3.63, 3.8) is 0 Å². The molecule has 0 saturated heterocycles. The Morgan fingerprint density at radius 3 is 1.56 bits per heavy atom. The molecule has 226 valence electrons. The largest absolute Gasteiger partial charge is 0.309 e. The molecule has 1 heteroatoms. The summed E-state index contributed by atoms with van der Waals surface area (Å²) in [5.74, 6) is 0. The van der Waals surface area contributed by atoms with Crippen molar-refractivity contribution in [1.29, 1.82) is 0 Å². The van der Waals surface area contributed by atoms with Gasteiger partial charge in [0, 0.05) is 16.6 Å². The van der Waals surface area contributed by atoms with Crippen LogP contribution in [0.2, 0.25) is 0 Å². The quantitative estimate of drug-likeness (QED) is 0.181. The second kappa shape index (κ2) is 11.6. The molecule has 9 rings (SSSR count). The van der Waals surface area contributed by atoms with E-state index in [0.29, 0.717) is 0 Å². The highest BCUT2D eigenvalue weighted by Crippen LogP contribution is 2.58. The smallest absolute Gasteiger partial charge is 0.0713 e. The van der Waals surface area contributed by atoms with E-state index in [-0.39, 0.29) is 0 Å². The van der Waals surface area contributed by atoms with Crippen molar-refractivity contribution in [1.82, 2.24) is 0 Å². The van der Waals surface area contributed by atoms with Crippen LogP contribution in [0, 0.1) is 0 Å². The lowest BCUT2D eigenvalue weighted by Crippen LogP contribution is -2.28. The van der Waals surface area contributed by atoms with Gasteiger partial charge in [-0.05, 0) is 68.6 Å². The average molecular weight is 612 g/mol. The fourth-order valence-corrected chi connectivity index (χ4v) is 7.99. The van der Waals surface area contributed by atoms with Gasteiger partial charge in [0.25, 0.3) is 0 Å². The van der Waals surface area contributed by atoms with E-state index in [4.69, 9.17) is 0 Å². The van der Waals surface area contributed by atoms with Crippen LogP contribution in [0.3, 0.4) is 0 Å². The molecule has 48 heavy (non-hydrogen) atoms. The summed E-state index contributed by atoms with van der Waals surface area (Å²) in [5, 5.41) is 2.47. The molecule has 1 aliphatic carbocycles. The van der Waals surface area contributed by atoms with E-state index in [9.17, 15) is 0 Å². The highest BCUT2D eigenvalue weighted by Gasteiger charge is 2.46. The first-order valence-corrected chi connectivity index (χ1v) is 16.6. The van der Waals surface area contributed by atoms with Crippen molar-refractivity contribution >= 4 is 27.8 Å². The Bertz CT molecular complexity index is 2340. The number of hydrogen-bond acceptors (Lipinski definition) is 1. The lowest BCUT2D eigenvalue weighted by atomic mass is 9.67. The Hall–Kier alpha value is -6.18. The lowest BCUT2D eigenvalue weighted by molar-refractivity contribution is 0.769. The molecule has 0 N–H and O–H groups in total. The number of fused-ring (bicyclic) bond motifs is 5. The number of hydrogen-bond donors (Lipinski definition) is 0. The van der Waals surface area contributed by atoms with Gasteiger partial charge >= 0.3 is 0 Å². The number of rotatable bonds is 6. The van der Waals surface area contributed by atoms with Crippen molar-refractivity contribution in [2.24, 2.45) is 0 Å². The molecule has 0 aromatic heterocycles. The normalized spacial score (nSPS) is 12.8. The summed E-state index contributed by atoms with van der Waals surface area (Å²) in [6.45, 7) is 0. The third kappa shape index (κ3) is 4.25. The third-order valence-corrected chi connectivity index (χ3v) is 9.94. The Morgan fingerprint density at radius 1 is 0.333 bits per heavy atom. The van der Waals surface area contributed by atoms with Crippen molar-refractivity contribution in [2.45, 2.75) is 5.41 Å². The molecule has 0 radical (unpaired) electrons. The first-order valence-electron chi connectivity index (χ1n) is 16.6. The molecule has 8 aromatic carbocycles. The van der Waals surface area contributed by atoms with Crippen LogP contribution in [-0.2, 0) is 5.41 Å². The summed E-state index contributed by atoms with van der Waals surface area (Å²) in [4.78, 5) is 2.43. The molecular weight excluding hydrogens is 579 g/mol. The number of benzene rings is 8. The minimum atomic E-state index is -0.433. The zero-order chi connectivity index (χ0) is 31.9. The molecule has 0 spiro atoms. The van der Waals surface area contributed by atoms with Crippen molar-refractivity contribution < 1.29 is 0 Å². The Kier molecular flexibility index (Phi) is 6.76. The molecule has 0 fully saturated rings. The second-order valence-electron chi connectivity index (χ2n) is 12.4. The highest BCUT2D eigenvalue weighted by molar-refractivity contribution is 6.10. The van der Waals surface area contributed by atoms with Gasteiger partial charge in [-0.1, -0.05) is 176 Å². The number of anilines is 3. The maximum absolute atomic E-state index is 2.43. The molecular formula is C47H33N. The molecule has 0 heterocycles. The van der Waals surface area contributed by atoms with Crippen LogP contribution in [0.15, 0.2) is 200 Å². The van der Waals surface area contributed by atoms with Gasteiger partial charge in [0.05, 0.1) is 16.8 Å². The van der Waals surface area contributed by atoms with Crippen LogP contribution >= 0.6 is 0 Å². The Balaban J connectivity index is 1.36. The van der Waals surface area contributed by atoms with E-state index in [0.717, 1.165) is 17.1 Å². The van der Waals surface area contributed by atoms with Gasteiger partial charge in [0.1, 0.15) is 0 Å². The lowest BCUT2D eigenvalue weighted by Gasteiger charge is -2.34. The highest BCUT2D eigenvalue weighted by atomic mass is 15.1. The van der Waals surface area contributed by atoms with Gasteiger partial charge in [-0.15, -0.1) is 0 Å². The van der Waals surface area contributed by atoms with Crippen LogP contribution < -0.4 is 4.90 Å². The first-order chi connectivity index (χ1) is 23.9. The Morgan fingerprint density at radius 2 is 0.875 bits per heavy atom. The fourth-order valence-electron chi connectivity index (χ4n) is 7.99. The van der Waals surface area contributed by atoms with E-state index in [2.05, 4.69) is 205 Å². The monoisotopic (exact) mass is 611 g/mol. The maximum Gasteiger partial charge on any atom is 0.0713 e. The van der Waals surface area contributed by atoms with Gasteiger partial charge in [0.15, 0.2) is 0 Å². The summed E-state index contributed by atoms with van der Waals surface area (Å²) in [6, 6.07) is 72.8. The molecule has 0 bridgehead atoms. The zero-order valence-corrected chi connectivity index (χ0v) is 26.5. The molecule has 0 aliphatic heterocycles. The van der Waals surface area contributed by atoms with Crippen molar-refractivity contribution in [2.75, 3.05) is 4.90 Å². The van der Waals surface area contributed by atoms with Crippen LogP contribution in [0.5, 0.6) is 0 Å². The molecule has 0 unspecified atom stereocenters. The molecule has 0 saturated carbocycles. The minimum Gasteiger partial charge on any atom is -0.309 e. The molecule has 1 nitrogen and oxygen atoms in total. The van der Waals surface area contributed by atoms with Gasteiger partial charge in [-0.3, -0.25) is 0 Å². The number of para-hydroxylation sites is 2. The summed E-state index contributed by atoms with van der Waals surface area (Å²) < 4.78 is 0. The predicted octanol–water partition coefficient (Wildman–Crippen LogP) is 12.3. The van der Waals surface area contributed by atoms with E-state index in [1.54, 1.807) is 0 Å². The van der Waals surface area contributed by atoms with E-state index in [1.165, 1.54) is 55.3 Å². The van der Waals surface area contributed by atoms with E-state index in [1.807, 2.05) is 0 Å². The average Bonchev–Trinajstić information content (AvgIpc) is 3.48. The zero-order valence-electron chi connectivity index (χ0n) is 26.5. The van der Waals surface area contributed by atoms with E-state index >= 15 is 0 Å². The SMILES string of the molecule is c1ccc(-c2ccccc2N(c2ccccc2)c2cccc3c4c(ccc23)C(c2ccccc2)(c2ccccc2)c2ccccc2-4)cc1. The van der Waals surface area contributed by atoms with Crippen LogP contribution in [0.1, 0.15) is 22.3 Å². The molecule has 0 amide bonds. The maximum atomic E-state index is 2.43. The van der Waals surface area contributed by atoms with Gasteiger partial charge in [-0.2, -0.15) is 0 Å². The molecule has 8 aromatic rings. The van der Waals surface area contributed by atoms with Crippen LogP contribution in [0.25, 0.3) is 33.0 Å². The summed E-state index contributed by atoms with van der Waals surface area (Å²) >= 11 is 0. The van der Waals surface area contributed by atoms with E-state index < -0.39 is 5.41 Å². The van der Waals surface area contributed by atoms with Gasteiger partial charge in [-0.25, -0.2) is 0 Å². The first kappa shape index (κ1) is 28.1. The Labute approximate surface area is 282 Å². The predicted molar refractivity (Wildman–Crippen MR) is 201 cm³/mol. The van der Waals surface area contributed by atoms with Crippen LogP contribution in [-0.4, -0.2) is 0 Å². The minimum absolute atomic E-state index is 0.433. The summed E-state index contributed by atoms with van der Waals surface area (Å²) in [5.41, 5.74) is 13.2. The third-order valence-electron chi connectivity index (χ3n) is 9.94. The topological polar surface area (TPSA) is 3.24 Å². The standard InChI is InChI=1S/C47H33N/c1-5-18-34(19-6-1)38-26-14-16-30-44(38)48(37-24-11-4-12-25-37)45-31-17-28-40-39(45)32-33-43-46(40)41-27-13-15-29-42(41)47(43,35-20-7-2-8-21-35)36-22-9-3-10-23-36/h1-33H. The second-order valence-corrected chi connectivity index (χ2v) is 12.4. The van der Waals surface area contributed by atoms with Crippen molar-refractivity contribution in [3.8, 4) is 22.3 Å². The summed E-state index contributed by atoms with van der Waals surface area (Å²) in [7, 11) is 0. The van der Waals surface area contributed by atoms with Crippen molar-refractivity contribution in [3.05, 3.63) is 222 Å². The fraction of sp³-hybridized carbons (Fsp3) is 0.0213. The summed E-state index contributed by atoms with van der Waals surface area (Å²) in [6.07, 6.45) is 0. The van der Waals surface area contributed by atoms with Crippen LogP contribution in [0.4, 0.5) is 17.1 Å². The van der Waals surface area contributed by atoms with Gasteiger partial charge < -0.3 is 4.90 Å². The number of nitrogens with zero attached hydrogens (tertiary/aromatic N) is 1.